The summed E-state index contributed by atoms with van der Waals surface area (Å²) in [5.41, 5.74) is 7.55. The summed E-state index contributed by atoms with van der Waals surface area (Å²) >= 11 is 0. The van der Waals surface area contributed by atoms with E-state index in [1.165, 1.54) is 0 Å². The molecule has 1 aliphatic rings. The van der Waals surface area contributed by atoms with Crippen LogP contribution < -0.4 is 16.0 Å². The van der Waals surface area contributed by atoms with Gasteiger partial charge in [0.15, 0.2) is 0 Å². The average Bonchev–Trinajstić information content (AvgIpc) is 2.90. The Morgan fingerprint density at radius 2 is 2.19 bits per heavy atom. The first-order valence-electron chi connectivity index (χ1n) is 7.14. The molecule has 2 aromatic rings. The molecule has 3 N–H and O–H groups in total. The van der Waals surface area contributed by atoms with Crippen molar-refractivity contribution in [2.45, 2.75) is 13.3 Å². The number of fused-ring (bicyclic) bond motifs is 1. The Hall–Kier alpha value is -2.30. The highest BCUT2D eigenvalue weighted by molar-refractivity contribution is 6.01. The molecule has 1 fully saturated rings. The molecule has 110 valence electrons. The lowest BCUT2D eigenvalue weighted by Crippen LogP contribution is -2.39. The van der Waals surface area contributed by atoms with Gasteiger partial charge in [-0.05, 0) is 31.5 Å². The third-order valence-electron chi connectivity index (χ3n) is 4.42. The van der Waals surface area contributed by atoms with E-state index in [9.17, 15) is 4.79 Å². The highest BCUT2D eigenvalue weighted by Gasteiger charge is 2.40. The van der Waals surface area contributed by atoms with E-state index in [-0.39, 0.29) is 11.3 Å². The Morgan fingerprint density at radius 1 is 1.38 bits per heavy atom. The lowest BCUT2D eigenvalue weighted by Gasteiger charge is -2.25. The largest absolute Gasteiger partial charge is 0.398 e. The van der Waals surface area contributed by atoms with Gasteiger partial charge in [0.1, 0.15) is 0 Å². The number of amides is 1. The summed E-state index contributed by atoms with van der Waals surface area (Å²) < 4.78 is 0. The first kappa shape index (κ1) is 13.7. The number of nitrogens with two attached hydrogens (primary N) is 1. The molecule has 0 aliphatic carbocycles. The Balaban J connectivity index is 2.00. The fraction of sp³-hybridized carbons (Fsp3) is 0.375. The van der Waals surface area contributed by atoms with Crippen molar-refractivity contribution >= 4 is 28.1 Å². The number of benzene rings is 1. The van der Waals surface area contributed by atoms with E-state index < -0.39 is 0 Å². The molecular weight excluding hydrogens is 264 g/mol. The lowest BCUT2D eigenvalue weighted by atomic mass is 9.89. The van der Waals surface area contributed by atoms with Crippen LogP contribution in [0.25, 0.3) is 10.8 Å². The number of nitrogens with zero attached hydrogens (tertiary/aromatic N) is 2. The molecule has 0 saturated carbocycles. The van der Waals surface area contributed by atoms with Gasteiger partial charge in [0.25, 0.3) is 0 Å². The molecule has 0 bridgehead atoms. The minimum atomic E-state index is -0.343. The van der Waals surface area contributed by atoms with Gasteiger partial charge in [0.2, 0.25) is 5.91 Å². The molecule has 2 heterocycles. The minimum Gasteiger partial charge on any atom is -0.398 e. The Bertz CT molecular complexity index is 700. The normalized spacial score (nSPS) is 21.7. The van der Waals surface area contributed by atoms with E-state index in [2.05, 4.69) is 15.2 Å². The van der Waals surface area contributed by atoms with E-state index in [1.807, 2.05) is 31.3 Å². The molecule has 3 rings (SSSR count). The van der Waals surface area contributed by atoms with E-state index in [1.54, 1.807) is 13.2 Å². The number of anilines is 2. The van der Waals surface area contributed by atoms with Crippen molar-refractivity contribution in [1.29, 1.82) is 0 Å². The van der Waals surface area contributed by atoms with Crippen LogP contribution in [0.4, 0.5) is 11.4 Å². The highest BCUT2D eigenvalue weighted by Crippen LogP contribution is 2.37. The molecule has 0 radical (unpaired) electrons. The number of aromatic nitrogens is 1. The SMILES string of the molecule is CNC(=O)C1(C)CCN(c2ccc(N)c3ccncc23)C1. The predicted molar refractivity (Wildman–Crippen MR) is 85.2 cm³/mol. The Labute approximate surface area is 124 Å². The lowest BCUT2D eigenvalue weighted by molar-refractivity contribution is -0.128. The van der Waals surface area contributed by atoms with Crippen molar-refractivity contribution in [3.8, 4) is 0 Å². The van der Waals surface area contributed by atoms with Crippen molar-refractivity contribution < 1.29 is 4.79 Å². The summed E-state index contributed by atoms with van der Waals surface area (Å²) in [6, 6.07) is 5.88. The van der Waals surface area contributed by atoms with E-state index in [4.69, 9.17) is 5.73 Å². The quantitative estimate of drug-likeness (QED) is 0.825. The summed E-state index contributed by atoms with van der Waals surface area (Å²) in [5, 5.41) is 4.82. The maximum atomic E-state index is 12.1. The van der Waals surface area contributed by atoms with Crippen LogP contribution in [-0.4, -0.2) is 31.0 Å². The van der Waals surface area contributed by atoms with Crippen LogP contribution in [0.3, 0.4) is 0 Å². The monoisotopic (exact) mass is 284 g/mol. The molecule has 0 spiro atoms. The molecule has 1 aromatic heterocycles. The molecule has 1 amide bonds. The smallest absolute Gasteiger partial charge is 0.227 e. The number of pyridine rings is 1. The number of carbonyl (C=O) groups excluding carboxylic acids is 1. The third-order valence-corrected chi connectivity index (χ3v) is 4.42. The van der Waals surface area contributed by atoms with Gasteiger partial charge in [-0.3, -0.25) is 9.78 Å². The van der Waals surface area contributed by atoms with Crippen molar-refractivity contribution in [2.24, 2.45) is 5.41 Å². The maximum absolute atomic E-state index is 12.1. The van der Waals surface area contributed by atoms with Crippen LogP contribution in [0.15, 0.2) is 30.6 Å². The minimum absolute atomic E-state index is 0.0999. The molecule has 1 unspecified atom stereocenters. The molecule has 21 heavy (non-hydrogen) atoms. The summed E-state index contributed by atoms with van der Waals surface area (Å²) in [5.74, 6) is 0.0999. The van der Waals surface area contributed by atoms with Gasteiger partial charge in [-0.1, -0.05) is 0 Å². The summed E-state index contributed by atoms with van der Waals surface area (Å²) in [7, 11) is 1.69. The number of nitrogen functional groups attached to an aromatic ring is 1. The zero-order valence-electron chi connectivity index (χ0n) is 12.4. The third kappa shape index (κ3) is 2.18. The van der Waals surface area contributed by atoms with Crippen LogP contribution >= 0.6 is 0 Å². The van der Waals surface area contributed by atoms with Gasteiger partial charge in [0.05, 0.1) is 5.41 Å². The first-order chi connectivity index (χ1) is 10.0. The summed E-state index contributed by atoms with van der Waals surface area (Å²) in [4.78, 5) is 18.5. The van der Waals surface area contributed by atoms with Gasteiger partial charge >= 0.3 is 0 Å². The van der Waals surface area contributed by atoms with Gasteiger partial charge < -0.3 is 16.0 Å². The summed E-state index contributed by atoms with van der Waals surface area (Å²) in [6.07, 6.45) is 4.44. The maximum Gasteiger partial charge on any atom is 0.227 e. The molecule has 1 atom stereocenters. The van der Waals surface area contributed by atoms with Gasteiger partial charge in [-0.15, -0.1) is 0 Å². The second-order valence-electron chi connectivity index (χ2n) is 5.91. The predicted octanol–water partition coefficient (Wildman–Crippen LogP) is 1.78. The van der Waals surface area contributed by atoms with E-state index in [0.717, 1.165) is 35.1 Å². The van der Waals surface area contributed by atoms with Gasteiger partial charge in [0, 0.05) is 54.7 Å². The van der Waals surface area contributed by atoms with Crippen molar-refractivity contribution in [3.05, 3.63) is 30.6 Å². The first-order valence-corrected chi connectivity index (χ1v) is 7.14. The number of nitrogens with one attached hydrogen (secondary N) is 1. The van der Waals surface area contributed by atoms with Crippen LogP contribution in [0.2, 0.25) is 0 Å². The van der Waals surface area contributed by atoms with Crippen LogP contribution in [0, 0.1) is 5.41 Å². The highest BCUT2D eigenvalue weighted by atomic mass is 16.2. The molecule has 5 heteroatoms. The molecule has 1 aromatic carbocycles. The van der Waals surface area contributed by atoms with Crippen molar-refractivity contribution in [2.75, 3.05) is 30.8 Å². The molecule has 1 saturated heterocycles. The molecule has 1 aliphatic heterocycles. The second kappa shape index (κ2) is 4.91. The average molecular weight is 284 g/mol. The van der Waals surface area contributed by atoms with Crippen molar-refractivity contribution in [3.63, 3.8) is 0 Å². The standard InChI is InChI=1S/C16H20N4O/c1-16(15(21)18-2)6-8-20(10-16)14-4-3-13(17)11-5-7-19-9-12(11)14/h3-5,7,9H,6,8,10,17H2,1-2H3,(H,18,21). The van der Waals surface area contributed by atoms with Gasteiger partial charge in [-0.25, -0.2) is 0 Å². The molecular formula is C16H20N4O. The zero-order valence-corrected chi connectivity index (χ0v) is 12.4. The Kier molecular flexibility index (Phi) is 3.20. The number of hydrogen-bond acceptors (Lipinski definition) is 4. The molecule has 5 nitrogen and oxygen atoms in total. The Morgan fingerprint density at radius 3 is 2.95 bits per heavy atom. The van der Waals surface area contributed by atoms with Crippen LogP contribution in [0.5, 0.6) is 0 Å². The van der Waals surface area contributed by atoms with Crippen LogP contribution in [-0.2, 0) is 4.79 Å². The van der Waals surface area contributed by atoms with Crippen molar-refractivity contribution in [1.82, 2.24) is 10.3 Å². The topological polar surface area (TPSA) is 71.2 Å². The van der Waals surface area contributed by atoms with Crippen LogP contribution in [0.1, 0.15) is 13.3 Å². The number of carbonyl (C=O) groups is 1. The van der Waals surface area contributed by atoms with Gasteiger partial charge in [-0.2, -0.15) is 0 Å². The second-order valence-corrected chi connectivity index (χ2v) is 5.91. The van der Waals surface area contributed by atoms with E-state index in [0.29, 0.717) is 6.54 Å². The van der Waals surface area contributed by atoms with E-state index >= 15 is 0 Å². The fourth-order valence-corrected chi connectivity index (χ4v) is 3.13. The zero-order chi connectivity index (χ0) is 15.0. The number of rotatable bonds is 2. The number of hydrogen-bond donors (Lipinski definition) is 2. The summed E-state index contributed by atoms with van der Waals surface area (Å²) in [6.45, 7) is 3.59. The fourth-order valence-electron chi connectivity index (χ4n) is 3.13.